The van der Waals surface area contributed by atoms with E-state index in [-0.39, 0.29) is 27.8 Å². The Morgan fingerprint density at radius 2 is 1.88 bits per heavy atom. The van der Waals surface area contributed by atoms with Crippen molar-refractivity contribution in [2.45, 2.75) is 19.8 Å². The van der Waals surface area contributed by atoms with Gasteiger partial charge in [0.05, 0.1) is 5.02 Å². The number of rotatable bonds is 2. The molecule has 1 nitrogen and oxygen atoms in total. The maximum atomic E-state index is 13.7. The lowest BCUT2D eigenvalue weighted by atomic mass is 10.0. The first kappa shape index (κ1) is 11.8. The predicted molar refractivity (Wildman–Crippen MR) is 60.4 cm³/mol. The lowest BCUT2D eigenvalue weighted by Crippen LogP contribution is -2.05. The maximum absolute atomic E-state index is 13.7. The molecule has 2 atom stereocenters. The van der Waals surface area contributed by atoms with Crippen LogP contribution in [0.1, 0.15) is 25.3 Å². The second-order valence-corrected chi connectivity index (χ2v) is 5.28. The molecule has 1 saturated carbocycles. The third-order valence-electron chi connectivity index (χ3n) is 3.69. The molecule has 1 fully saturated rings. The molecule has 4 heteroatoms. The van der Waals surface area contributed by atoms with Crippen LogP contribution in [0.15, 0.2) is 12.1 Å². The molecule has 16 heavy (non-hydrogen) atoms. The van der Waals surface area contributed by atoms with Crippen LogP contribution in [0.25, 0.3) is 0 Å². The summed E-state index contributed by atoms with van der Waals surface area (Å²) in [6.45, 7) is 4.45. The average molecular weight is 246 g/mol. The molecule has 88 valence electrons. The minimum absolute atomic E-state index is 0.0827. The highest BCUT2D eigenvalue weighted by atomic mass is 35.5. The Labute approximate surface area is 98.6 Å². The van der Waals surface area contributed by atoms with Gasteiger partial charge in [-0.15, -0.1) is 0 Å². The van der Waals surface area contributed by atoms with Crippen molar-refractivity contribution in [1.29, 1.82) is 0 Å². The van der Waals surface area contributed by atoms with Crippen LogP contribution in [-0.2, 0) is 0 Å². The number of nitrogens with two attached hydrogens (primary N) is 1. The molecule has 0 radical (unpaired) electrons. The van der Waals surface area contributed by atoms with Crippen LogP contribution in [0.2, 0.25) is 5.02 Å². The molecule has 0 unspecified atom stereocenters. The molecule has 0 heterocycles. The number of hydrogen-bond acceptors (Lipinski definition) is 1. The van der Waals surface area contributed by atoms with Gasteiger partial charge in [0, 0.05) is 5.56 Å². The van der Waals surface area contributed by atoms with E-state index in [9.17, 15) is 8.78 Å². The molecule has 0 spiro atoms. The summed E-state index contributed by atoms with van der Waals surface area (Å²) in [5.41, 5.74) is 5.79. The van der Waals surface area contributed by atoms with Gasteiger partial charge < -0.3 is 5.73 Å². The van der Waals surface area contributed by atoms with Gasteiger partial charge >= 0.3 is 0 Å². The highest BCUT2D eigenvalue weighted by Gasteiger charge is 2.58. The zero-order chi connectivity index (χ0) is 12.1. The molecule has 0 saturated heterocycles. The summed E-state index contributed by atoms with van der Waals surface area (Å²) in [7, 11) is 0. The van der Waals surface area contributed by atoms with Gasteiger partial charge in [0.1, 0.15) is 11.6 Å². The summed E-state index contributed by atoms with van der Waals surface area (Å²) in [5.74, 6) is -0.932. The van der Waals surface area contributed by atoms with Crippen molar-refractivity contribution >= 4 is 11.6 Å². The van der Waals surface area contributed by atoms with E-state index in [1.165, 1.54) is 0 Å². The molecule has 2 rings (SSSR count). The van der Waals surface area contributed by atoms with Gasteiger partial charge in [0.2, 0.25) is 0 Å². The standard InChI is InChI=1S/C12H14ClF2N/c1-12(2)6(5-16)10(12)9-7(14)3-4-8(15)11(9)13/h3-4,6,10H,5,16H2,1-2H3/t6-,10+/m0/s1. The Balaban J connectivity index is 2.47. The van der Waals surface area contributed by atoms with E-state index in [0.717, 1.165) is 12.1 Å². The Morgan fingerprint density at radius 1 is 1.31 bits per heavy atom. The largest absolute Gasteiger partial charge is 0.330 e. The van der Waals surface area contributed by atoms with Crippen LogP contribution < -0.4 is 5.73 Å². The highest BCUT2D eigenvalue weighted by molar-refractivity contribution is 6.31. The molecule has 0 aliphatic heterocycles. The van der Waals surface area contributed by atoms with Gasteiger partial charge in [0.15, 0.2) is 0 Å². The molecule has 1 aromatic rings. The van der Waals surface area contributed by atoms with Crippen molar-refractivity contribution in [3.8, 4) is 0 Å². The zero-order valence-electron chi connectivity index (χ0n) is 9.23. The van der Waals surface area contributed by atoms with Crippen LogP contribution in [0, 0.1) is 23.0 Å². The molecule has 2 N–H and O–H groups in total. The first-order chi connectivity index (χ1) is 7.41. The van der Waals surface area contributed by atoms with Gasteiger partial charge in [-0.3, -0.25) is 0 Å². The van der Waals surface area contributed by atoms with Crippen molar-refractivity contribution in [1.82, 2.24) is 0 Å². The minimum atomic E-state index is -0.573. The Bertz CT molecular complexity index is 431. The molecule has 1 aliphatic rings. The molecule has 0 aromatic heterocycles. The van der Waals surface area contributed by atoms with Crippen molar-refractivity contribution in [2.75, 3.05) is 6.54 Å². The fraction of sp³-hybridized carbons (Fsp3) is 0.500. The first-order valence-corrected chi connectivity index (χ1v) is 5.62. The molecule has 0 amide bonds. The lowest BCUT2D eigenvalue weighted by molar-refractivity contribution is 0.547. The van der Waals surface area contributed by atoms with Crippen LogP contribution in [0.5, 0.6) is 0 Å². The van der Waals surface area contributed by atoms with Crippen molar-refractivity contribution in [3.63, 3.8) is 0 Å². The van der Waals surface area contributed by atoms with Crippen LogP contribution in [0.4, 0.5) is 8.78 Å². The normalized spacial score (nSPS) is 26.9. The molecule has 0 bridgehead atoms. The zero-order valence-corrected chi connectivity index (χ0v) is 9.98. The van der Waals surface area contributed by atoms with E-state index >= 15 is 0 Å². The van der Waals surface area contributed by atoms with E-state index in [4.69, 9.17) is 17.3 Å². The van der Waals surface area contributed by atoms with Gasteiger partial charge in [-0.25, -0.2) is 8.78 Å². The number of halogens is 3. The smallest absolute Gasteiger partial charge is 0.142 e. The van der Waals surface area contributed by atoms with Crippen LogP contribution in [-0.4, -0.2) is 6.54 Å². The van der Waals surface area contributed by atoms with Crippen molar-refractivity contribution in [2.24, 2.45) is 17.1 Å². The SMILES string of the molecule is CC1(C)[C@@H](CN)[C@@H]1c1c(F)ccc(F)c1Cl. The van der Waals surface area contributed by atoms with Gasteiger partial charge in [-0.05, 0) is 35.9 Å². The third kappa shape index (κ3) is 1.54. The maximum Gasteiger partial charge on any atom is 0.142 e. The lowest BCUT2D eigenvalue weighted by Gasteiger charge is -2.08. The Hall–Kier alpha value is -0.670. The second kappa shape index (κ2) is 3.67. The number of benzene rings is 1. The number of hydrogen-bond donors (Lipinski definition) is 1. The van der Waals surface area contributed by atoms with Crippen molar-refractivity contribution < 1.29 is 8.78 Å². The second-order valence-electron chi connectivity index (χ2n) is 4.90. The predicted octanol–water partition coefficient (Wildman–Crippen LogP) is 3.32. The van der Waals surface area contributed by atoms with Gasteiger partial charge in [-0.1, -0.05) is 25.4 Å². The Morgan fingerprint density at radius 3 is 2.38 bits per heavy atom. The third-order valence-corrected chi connectivity index (χ3v) is 4.08. The fourth-order valence-electron chi connectivity index (χ4n) is 2.58. The molecular formula is C12H14ClF2N. The summed E-state index contributed by atoms with van der Waals surface area (Å²) in [6.07, 6.45) is 0. The Kier molecular flexibility index (Phi) is 2.71. The van der Waals surface area contributed by atoms with Crippen LogP contribution >= 0.6 is 11.6 Å². The first-order valence-electron chi connectivity index (χ1n) is 5.24. The quantitative estimate of drug-likeness (QED) is 0.795. The molecule has 1 aromatic carbocycles. The fourth-order valence-corrected chi connectivity index (χ4v) is 2.86. The molecule has 1 aliphatic carbocycles. The van der Waals surface area contributed by atoms with E-state index in [0.29, 0.717) is 6.54 Å². The average Bonchev–Trinajstić information content (AvgIpc) is 2.75. The van der Waals surface area contributed by atoms with E-state index in [2.05, 4.69) is 0 Å². The topological polar surface area (TPSA) is 26.0 Å². The summed E-state index contributed by atoms with van der Waals surface area (Å²) >= 11 is 5.83. The van der Waals surface area contributed by atoms with Crippen molar-refractivity contribution in [3.05, 3.63) is 34.4 Å². The van der Waals surface area contributed by atoms with Gasteiger partial charge in [0.25, 0.3) is 0 Å². The summed E-state index contributed by atoms with van der Waals surface area (Å²) in [5, 5.41) is -0.103. The summed E-state index contributed by atoms with van der Waals surface area (Å²) in [6, 6.07) is 2.17. The summed E-state index contributed by atoms with van der Waals surface area (Å²) in [4.78, 5) is 0. The summed E-state index contributed by atoms with van der Waals surface area (Å²) < 4.78 is 27.0. The van der Waals surface area contributed by atoms with Gasteiger partial charge in [-0.2, -0.15) is 0 Å². The monoisotopic (exact) mass is 245 g/mol. The molecular weight excluding hydrogens is 232 g/mol. The van der Waals surface area contributed by atoms with Crippen LogP contribution in [0.3, 0.4) is 0 Å². The highest BCUT2D eigenvalue weighted by Crippen LogP contribution is 2.65. The van der Waals surface area contributed by atoms with E-state index in [1.807, 2.05) is 13.8 Å². The minimum Gasteiger partial charge on any atom is -0.330 e. The van der Waals surface area contributed by atoms with E-state index < -0.39 is 11.6 Å². The van der Waals surface area contributed by atoms with E-state index in [1.54, 1.807) is 0 Å².